The van der Waals surface area contributed by atoms with Gasteiger partial charge >= 0.3 is 0 Å². The van der Waals surface area contributed by atoms with Gasteiger partial charge in [0.2, 0.25) is 0 Å². The van der Waals surface area contributed by atoms with Crippen LogP contribution in [0.5, 0.6) is 0 Å². The highest BCUT2D eigenvalue weighted by atomic mass is 28.2. The van der Waals surface area contributed by atoms with Gasteiger partial charge in [-0.2, -0.15) is 0 Å². The molecule has 10 aromatic carbocycles. The largest absolute Gasteiger partial charge is 0.121 e. The lowest BCUT2D eigenvalue weighted by Crippen LogP contribution is -2.26. The summed E-state index contributed by atoms with van der Waals surface area (Å²) in [5.74, 6) is 0. The first-order valence-corrected chi connectivity index (χ1v) is 18.6. The summed E-state index contributed by atoms with van der Waals surface area (Å²) < 4.78 is 0. The summed E-state index contributed by atoms with van der Waals surface area (Å²) in [6.45, 7) is 0. The fourth-order valence-corrected chi connectivity index (χ4v) is 9.12. The minimum atomic E-state index is 0.576. The van der Waals surface area contributed by atoms with Crippen molar-refractivity contribution in [1.29, 1.82) is 0 Å². The van der Waals surface area contributed by atoms with Gasteiger partial charge in [-0.25, -0.2) is 0 Å². The summed E-state index contributed by atoms with van der Waals surface area (Å²) in [4.78, 5) is 0. The highest BCUT2D eigenvalue weighted by Gasteiger charge is 2.19. The summed E-state index contributed by atoms with van der Waals surface area (Å²) in [5, 5.41) is 15.4. The highest BCUT2D eigenvalue weighted by molar-refractivity contribution is 6.67. The zero-order valence-corrected chi connectivity index (χ0v) is 29.0. The van der Waals surface area contributed by atoms with Crippen molar-refractivity contribution in [3.8, 4) is 33.4 Å². The van der Waals surface area contributed by atoms with Crippen LogP contribution in [0.3, 0.4) is 0 Å². The molecule has 0 heterocycles. The minimum absolute atomic E-state index is 0.576. The van der Waals surface area contributed by atoms with Gasteiger partial charge in [0, 0.05) is 0 Å². The highest BCUT2D eigenvalue weighted by Crippen LogP contribution is 2.45. The van der Waals surface area contributed by atoms with Crippen LogP contribution in [-0.4, -0.2) is 9.52 Å². The van der Waals surface area contributed by atoms with Gasteiger partial charge in [-0.1, -0.05) is 186 Å². The Kier molecular flexibility index (Phi) is 7.11. The molecule has 10 rings (SSSR count). The molecule has 0 spiro atoms. The topological polar surface area (TPSA) is 0 Å². The van der Waals surface area contributed by atoms with Crippen molar-refractivity contribution < 1.29 is 0 Å². The van der Waals surface area contributed by atoms with Gasteiger partial charge in [0.25, 0.3) is 0 Å². The first-order valence-electron chi connectivity index (χ1n) is 17.6. The Morgan fingerprint density at radius 2 is 0.843 bits per heavy atom. The molecule has 0 unspecified atom stereocenters. The summed E-state index contributed by atoms with van der Waals surface area (Å²) in [7, 11) is 0.576. The predicted octanol–water partition coefficient (Wildman–Crippen LogP) is 12.1. The van der Waals surface area contributed by atoms with Crippen molar-refractivity contribution in [1.82, 2.24) is 0 Å². The first kappa shape index (κ1) is 29.6. The minimum Gasteiger partial charge on any atom is -0.0631 e. The Hall–Kier alpha value is -6.28. The number of hydrogen-bond acceptors (Lipinski definition) is 0. The normalized spacial score (nSPS) is 11.6. The van der Waals surface area contributed by atoms with Crippen LogP contribution >= 0.6 is 0 Å². The van der Waals surface area contributed by atoms with E-state index >= 15 is 0 Å². The van der Waals surface area contributed by atoms with Gasteiger partial charge in [0.15, 0.2) is 0 Å². The van der Waals surface area contributed by atoms with Gasteiger partial charge in [0.05, 0.1) is 0 Å². The molecule has 0 aliphatic heterocycles. The third-order valence-electron chi connectivity index (χ3n) is 10.4. The molecular weight excluding hydrogens is 629 g/mol. The molecule has 0 atom stereocenters. The van der Waals surface area contributed by atoms with E-state index < -0.39 is 0 Å². The molecule has 236 valence electrons. The summed E-state index contributed by atoms with van der Waals surface area (Å²) in [6, 6.07) is 71.8. The van der Waals surface area contributed by atoms with Crippen molar-refractivity contribution in [2.75, 3.05) is 0 Å². The number of hydrogen-bond donors (Lipinski definition) is 0. The lowest BCUT2D eigenvalue weighted by Gasteiger charge is -2.19. The zero-order chi connectivity index (χ0) is 33.7. The van der Waals surface area contributed by atoms with Gasteiger partial charge in [0.1, 0.15) is 9.52 Å². The van der Waals surface area contributed by atoms with Crippen molar-refractivity contribution in [3.05, 3.63) is 194 Å². The molecule has 0 aromatic heterocycles. The third-order valence-corrected chi connectivity index (χ3v) is 11.6. The first-order chi connectivity index (χ1) is 25.3. The van der Waals surface area contributed by atoms with E-state index in [0.29, 0.717) is 9.52 Å². The fraction of sp³-hybridized carbons (Fsp3) is 0. The second-order valence-electron chi connectivity index (χ2n) is 13.4. The molecule has 0 aliphatic rings. The van der Waals surface area contributed by atoms with E-state index in [2.05, 4.69) is 194 Å². The molecule has 0 fully saturated rings. The maximum atomic E-state index is 2.46. The van der Waals surface area contributed by atoms with Crippen LogP contribution in [0, 0.1) is 0 Å². The van der Waals surface area contributed by atoms with E-state index in [1.54, 1.807) is 0 Å². The van der Waals surface area contributed by atoms with E-state index in [9.17, 15) is 0 Å². The SMILES string of the molecule is c1ccc([Si]c2ccc3c(-c4ccc5ccccc5c4)c4ccccc4c(-c4cccc(-c5cc6ccccc6c6ccccc56)c4)c3c2)cc1. The summed E-state index contributed by atoms with van der Waals surface area (Å²) in [6.07, 6.45) is 0. The number of benzene rings is 10. The van der Waals surface area contributed by atoms with Gasteiger partial charge in [-0.15, -0.1) is 0 Å². The van der Waals surface area contributed by atoms with E-state index in [1.165, 1.54) is 97.6 Å². The van der Waals surface area contributed by atoms with Crippen LogP contribution in [0.4, 0.5) is 0 Å². The quantitative estimate of drug-likeness (QED) is 0.0979. The number of rotatable bonds is 5. The van der Waals surface area contributed by atoms with Crippen LogP contribution in [0.25, 0.3) is 87.2 Å². The Morgan fingerprint density at radius 1 is 0.255 bits per heavy atom. The van der Waals surface area contributed by atoms with Crippen LogP contribution in [-0.2, 0) is 0 Å². The van der Waals surface area contributed by atoms with Crippen LogP contribution in [0.2, 0.25) is 0 Å². The van der Waals surface area contributed by atoms with Crippen LogP contribution in [0.1, 0.15) is 0 Å². The average molecular weight is 661 g/mol. The maximum Gasteiger partial charge on any atom is 0.121 e. The molecule has 0 amide bonds. The molecule has 2 radical (unpaired) electrons. The van der Waals surface area contributed by atoms with Gasteiger partial charge in [-0.3, -0.25) is 0 Å². The Labute approximate surface area is 300 Å². The molecular formula is C50H32Si. The van der Waals surface area contributed by atoms with E-state index in [1.807, 2.05) is 0 Å². The fourth-order valence-electron chi connectivity index (χ4n) is 8.05. The standard InChI is InChI=1S/C50H32Si/c1-2-18-39(19-3-1)51-40-27-28-46-48(32-40)50(45-24-11-10-23-44(45)49(46)38-26-25-33-13-4-5-14-34(33)29-38)37-17-12-16-35(30-37)47-31-36-15-6-7-20-41(36)42-21-8-9-22-43(42)47/h1-32H. The van der Waals surface area contributed by atoms with Gasteiger partial charge < -0.3 is 0 Å². The molecule has 0 saturated carbocycles. The van der Waals surface area contributed by atoms with Crippen LogP contribution < -0.4 is 10.4 Å². The molecule has 0 bridgehead atoms. The van der Waals surface area contributed by atoms with Gasteiger partial charge in [-0.05, 0) is 105 Å². The monoisotopic (exact) mass is 660 g/mol. The maximum absolute atomic E-state index is 2.46. The third kappa shape index (κ3) is 5.14. The molecule has 10 aromatic rings. The molecule has 0 saturated heterocycles. The molecule has 0 aliphatic carbocycles. The smallest absolute Gasteiger partial charge is 0.0631 e. The lowest BCUT2D eigenvalue weighted by atomic mass is 9.84. The van der Waals surface area contributed by atoms with E-state index in [-0.39, 0.29) is 0 Å². The second-order valence-corrected chi connectivity index (χ2v) is 14.8. The Balaban J connectivity index is 1.26. The average Bonchev–Trinajstić information content (AvgIpc) is 3.20. The summed E-state index contributed by atoms with van der Waals surface area (Å²) in [5.41, 5.74) is 7.55. The number of fused-ring (bicyclic) bond motifs is 6. The predicted molar refractivity (Wildman–Crippen MR) is 222 cm³/mol. The second kappa shape index (κ2) is 12.2. The van der Waals surface area contributed by atoms with E-state index in [4.69, 9.17) is 0 Å². The molecule has 0 N–H and O–H groups in total. The zero-order valence-electron chi connectivity index (χ0n) is 28.0. The molecule has 51 heavy (non-hydrogen) atoms. The lowest BCUT2D eigenvalue weighted by molar-refractivity contribution is 1.64. The Morgan fingerprint density at radius 3 is 1.65 bits per heavy atom. The van der Waals surface area contributed by atoms with Crippen molar-refractivity contribution in [2.45, 2.75) is 0 Å². The van der Waals surface area contributed by atoms with Crippen molar-refractivity contribution in [2.24, 2.45) is 0 Å². The molecule has 1 heteroatoms. The molecule has 0 nitrogen and oxygen atoms in total. The Bertz CT molecular complexity index is 2940. The van der Waals surface area contributed by atoms with Crippen molar-refractivity contribution in [3.63, 3.8) is 0 Å². The van der Waals surface area contributed by atoms with Crippen LogP contribution in [0.15, 0.2) is 194 Å². The van der Waals surface area contributed by atoms with Crippen molar-refractivity contribution >= 4 is 73.8 Å². The summed E-state index contributed by atoms with van der Waals surface area (Å²) >= 11 is 0. The van der Waals surface area contributed by atoms with E-state index in [0.717, 1.165) is 0 Å².